The molecule has 1 aromatic rings. The van der Waals surface area contributed by atoms with Crippen molar-refractivity contribution in [3.05, 3.63) is 34.6 Å². The molecule has 0 unspecified atom stereocenters. The second-order valence-electron chi connectivity index (χ2n) is 3.51. The van der Waals surface area contributed by atoms with Gasteiger partial charge in [-0.05, 0) is 19.1 Å². The fourth-order valence-corrected chi connectivity index (χ4v) is 1.60. The summed E-state index contributed by atoms with van der Waals surface area (Å²) in [6.45, 7) is 1.98. The largest absolute Gasteiger partial charge is 0.409 e. The fourth-order valence-electron chi connectivity index (χ4n) is 1.39. The molecule has 1 rings (SSSR count). The van der Waals surface area contributed by atoms with Gasteiger partial charge in [-0.2, -0.15) is 0 Å². The number of carbonyl (C=O) groups excluding carboxylic acids is 1. The van der Waals surface area contributed by atoms with Gasteiger partial charge in [0.15, 0.2) is 5.84 Å². The van der Waals surface area contributed by atoms with E-state index in [0.29, 0.717) is 6.54 Å². The Kier molecular flexibility index (Phi) is 4.91. The summed E-state index contributed by atoms with van der Waals surface area (Å²) in [5, 5.41) is 11.0. The second-order valence-corrected chi connectivity index (χ2v) is 3.89. The van der Waals surface area contributed by atoms with Crippen LogP contribution in [-0.2, 0) is 0 Å². The molecule has 0 heterocycles. The fraction of sp³-hybridized carbons (Fsp3) is 0.273. The summed E-state index contributed by atoms with van der Waals surface area (Å²) >= 11 is 5.73. The minimum absolute atomic E-state index is 0.0456. The lowest BCUT2D eigenvalue weighted by Crippen LogP contribution is -2.38. The average molecular weight is 274 g/mol. The van der Waals surface area contributed by atoms with Crippen LogP contribution in [0, 0.1) is 5.82 Å². The highest BCUT2D eigenvalue weighted by Crippen LogP contribution is 2.21. The molecule has 1 amide bonds. The van der Waals surface area contributed by atoms with Gasteiger partial charge in [0, 0.05) is 6.54 Å². The summed E-state index contributed by atoms with van der Waals surface area (Å²) in [7, 11) is 0. The zero-order valence-electron chi connectivity index (χ0n) is 9.73. The van der Waals surface area contributed by atoms with E-state index in [1.807, 2.05) is 0 Å². The number of oxime groups is 1. The summed E-state index contributed by atoms with van der Waals surface area (Å²) in [5.74, 6) is -1.26. The Hall–Kier alpha value is -1.82. The minimum Gasteiger partial charge on any atom is -0.409 e. The number of halogens is 2. The number of hydrogen-bond donors (Lipinski definition) is 2. The molecule has 3 N–H and O–H groups in total. The first-order chi connectivity index (χ1) is 8.51. The van der Waals surface area contributed by atoms with Crippen LogP contribution in [0.4, 0.5) is 4.39 Å². The van der Waals surface area contributed by atoms with Gasteiger partial charge < -0.3 is 15.8 Å². The van der Waals surface area contributed by atoms with Crippen molar-refractivity contribution in [3.63, 3.8) is 0 Å². The van der Waals surface area contributed by atoms with Gasteiger partial charge in [0.25, 0.3) is 5.91 Å². The topological polar surface area (TPSA) is 78.9 Å². The Morgan fingerprint density at radius 1 is 1.61 bits per heavy atom. The molecule has 0 aliphatic rings. The lowest BCUT2D eigenvalue weighted by atomic mass is 10.2. The van der Waals surface area contributed by atoms with Crippen LogP contribution in [0.3, 0.4) is 0 Å². The zero-order chi connectivity index (χ0) is 13.7. The number of likely N-dealkylation sites (N-methyl/N-ethyl adjacent to an activating group) is 1. The monoisotopic (exact) mass is 273 g/mol. The molecule has 1 aromatic carbocycles. The third kappa shape index (κ3) is 3.10. The van der Waals surface area contributed by atoms with Crippen LogP contribution in [0.25, 0.3) is 0 Å². The molecule has 7 heteroatoms. The van der Waals surface area contributed by atoms with Crippen molar-refractivity contribution in [2.24, 2.45) is 10.9 Å². The van der Waals surface area contributed by atoms with Crippen LogP contribution in [0.2, 0.25) is 5.02 Å². The van der Waals surface area contributed by atoms with Crippen molar-refractivity contribution in [2.45, 2.75) is 6.92 Å². The van der Waals surface area contributed by atoms with Gasteiger partial charge in [-0.1, -0.05) is 22.8 Å². The van der Waals surface area contributed by atoms with Crippen LogP contribution < -0.4 is 5.73 Å². The maximum atomic E-state index is 13.2. The number of carbonyl (C=O) groups is 1. The Labute approximate surface area is 109 Å². The van der Waals surface area contributed by atoms with E-state index in [9.17, 15) is 9.18 Å². The predicted molar refractivity (Wildman–Crippen MR) is 66.4 cm³/mol. The molecule has 0 aliphatic heterocycles. The van der Waals surface area contributed by atoms with E-state index in [1.165, 1.54) is 23.1 Å². The maximum Gasteiger partial charge on any atom is 0.255 e. The number of amides is 1. The smallest absolute Gasteiger partial charge is 0.255 e. The standard InChI is InChI=1S/C11H13ClFN3O2/c1-2-16(6-9(14)15-18)11(17)7-4-3-5-8(13)10(7)12/h3-5,18H,2,6H2,1H3,(H2,14,15). The van der Waals surface area contributed by atoms with Crippen molar-refractivity contribution in [2.75, 3.05) is 13.1 Å². The lowest BCUT2D eigenvalue weighted by molar-refractivity contribution is 0.0786. The molecule has 18 heavy (non-hydrogen) atoms. The first kappa shape index (κ1) is 14.2. The van der Waals surface area contributed by atoms with Gasteiger partial charge in [-0.3, -0.25) is 4.79 Å². The Bertz CT molecular complexity index is 479. The molecule has 0 saturated heterocycles. The Morgan fingerprint density at radius 2 is 2.28 bits per heavy atom. The Balaban J connectivity index is 3.00. The van der Waals surface area contributed by atoms with Crippen molar-refractivity contribution in [3.8, 4) is 0 Å². The number of benzene rings is 1. The predicted octanol–water partition coefficient (Wildman–Crippen LogP) is 1.69. The Morgan fingerprint density at radius 3 is 2.83 bits per heavy atom. The number of rotatable bonds is 4. The van der Waals surface area contributed by atoms with Crippen molar-refractivity contribution in [1.82, 2.24) is 4.90 Å². The molecular weight excluding hydrogens is 261 g/mol. The second kappa shape index (κ2) is 6.20. The van der Waals surface area contributed by atoms with E-state index in [2.05, 4.69) is 5.16 Å². The van der Waals surface area contributed by atoms with Crippen LogP contribution in [0.5, 0.6) is 0 Å². The summed E-state index contributed by atoms with van der Waals surface area (Å²) in [4.78, 5) is 13.4. The summed E-state index contributed by atoms with van der Waals surface area (Å²) in [5.41, 5.74) is 5.38. The summed E-state index contributed by atoms with van der Waals surface area (Å²) in [6.07, 6.45) is 0. The SMILES string of the molecule is CCN(C/C(N)=N/O)C(=O)c1cccc(F)c1Cl. The first-order valence-corrected chi connectivity index (χ1v) is 5.58. The van der Waals surface area contributed by atoms with E-state index in [4.69, 9.17) is 22.5 Å². The quantitative estimate of drug-likeness (QED) is 0.379. The molecule has 98 valence electrons. The molecule has 0 bridgehead atoms. The normalized spacial score (nSPS) is 11.4. The minimum atomic E-state index is -0.664. The first-order valence-electron chi connectivity index (χ1n) is 5.21. The van der Waals surface area contributed by atoms with E-state index in [1.54, 1.807) is 6.92 Å². The number of nitrogens with two attached hydrogens (primary N) is 1. The van der Waals surface area contributed by atoms with Crippen LogP contribution >= 0.6 is 11.6 Å². The van der Waals surface area contributed by atoms with Crippen LogP contribution in [0.15, 0.2) is 23.4 Å². The molecule has 0 saturated carbocycles. The zero-order valence-corrected chi connectivity index (χ0v) is 10.5. The highest BCUT2D eigenvalue weighted by Gasteiger charge is 2.19. The number of hydrogen-bond acceptors (Lipinski definition) is 3. The highest BCUT2D eigenvalue weighted by atomic mass is 35.5. The third-order valence-electron chi connectivity index (χ3n) is 2.33. The van der Waals surface area contributed by atoms with E-state index in [0.717, 1.165) is 0 Å². The molecule has 0 radical (unpaired) electrons. The van der Waals surface area contributed by atoms with E-state index < -0.39 is 11.7 Å². The van der Waals surface area contributed by atoms with Gasteiger partial charge in [0.1, 0.15) is 5.82 Å². The number of amidine groups is 1. The molecular formula is C11H13ClFN3O2. The number of nitrogens with zero attached hydrogens (tertiary/aromatic N) is 2. The van der Waals surface area contributed by atoms with Gasteiger partial charge in [0.2, 0.25) is 0 Å². The maximum absolute atomic E-state index is 13.2. The molecule has 5 nitrogen and oxygen atoms in total. The highest BCUT2D eigenvalue weighted by molar-refractivity contribution is 6.34. The lowest BCUT2D eigenvalue weighted by Gasteiger charge is -2.20. The van der Waals surface area contributed by atoms with E-state index >= 15 is 0 Å². The average Bonchev–Trinajstić information content (AvgIpc) is 2.38. The van der Waals surface area contributed by atoms with Crippen molar-refractivity contribution in [1.29, 1.82) is 0 Å². The van der Waals surface area contributed by atoms with Gasteiger partial charge in [-0.25, -0.2) is 4.39 Å². The summed E-state index contributed by atoms with van der Waals surface area (Å²) < 4.78 is 13.2. The van der Waals surface area contributed by atoms with Gasteiger partial charge in [-0.15, -0.1) is 0 Å². The summed E-state index contributed by atoms with van der Waals surface area (Å²) in [6, 6.07) is 3.98. The van der Waals surface area contributed by atoms with Crippen molar-refractivity contribution < 1.29 is 14.4 Å². The van der Waals surface area contributed by atoms with Crippen molar-refractivity contribution >= 4 is 23.3 Å². The van der Waals surface area contributed by atoms with Crippen LogP contribution in [-0.4, -0.2) is 34.9 Å². The molecule has 0 atom stereocenters. The third-order valence-corrected chi connectivity index (χ3v) is 2.72. The van der Waals surface area contributed by atoms with Crippen LogP contribution in [0.1, 0.15) is 17.3 Å². The molecule has 0 fully saturated rings. The van der Waals surface area contributed by atoms with Gasteiger partial charge in [0.05, 0.1) is 17.1 Å². The van der Waals surface area contributed by atoms with E-state index in [-0.39, 0.29) is 23.0 Å². The molecule has 0 aliphatic carbocycles. The molecule has 0 spiro atoms. The molecule has 0 aromatic heterocycles. The van der Waals surface area contributed by atoms with Gasteiger partial charge >= 0.3 is 0 Å².